The van der Waals surface area contributed by atoms with E-state index in [1.165, 1.54) is 27.4 Å². The van der Waals surface area contributed by atoms with Gasteiger partial charge in [-0.1, -0.05) is 66.2 Å². The molecule has 39 heavy (non-hydrogen) atoms. The van der Waals surface area contributed by atoms with Crippen molar-refractivity contribution in [3.05, 3.63) is 100 Å². The monoisotopic (exact) mass is 521 g/mol. The number of hydrogen-bond acceptors (Lipinski definition) is 6. The molecule has 1 N–H and O–H groups in total. The number of aromatic nitrogens is 3. The van der Waals surface area contributed by atoms with Crippen LogP contribution in [0.1, 0.15) is 64.1 Å². The van der Waals surface area contributed by atoms with E-state index in [-0.39, 0.29) is 23.5 Å². The highest BCUT2D eigenvalue weighted by atomic mass is 16.5. The van der Waals surface area contributed by atoms with Gasteiger partial charge in [-0.15, -0.1) is 5.10 Å². The van der Waals surface area contributed by atoms with Crippen molar-refractivity contribution in [1.29, 1.82) is 0 Å². The molecule has 0 unspecified atom stereocenters. The molecule has 8 heteroatoms. The summed E-state index contributed by atoms with van der Waals surface area (Å²) in [6.45, 7) is 6.00. The minimum Gasteiger partial charge on any atom is -0.462 e. The predicted molar refractivity (Wildman–Crippen MR) is 150 cm³/mol. The highest BCUT2D eigenvalue weighted by Gasteiger charge is 2.42. The van der Waals surface area contributed by atoms with E-state index >= 15 is 0 Å². The lowest BCUT2D eigenvalue weighted by atomic mass is 9.70. The summed E-state index contributed by atoms with van der Waals surface area (Å²) in [6, 6.07) is 18.4. The lowest BCUT2D eigenvalue weighted by Gasteiger charge is -2.41. The van der Waals surface area contributed by atoms with Crippen LogP contribution in [0, 0.1) is 0 Å². The molecule has 1 spiro atoms. The van der Waals surface area contributed by atoms with Crippen LogP contribution in [0.4, 0.5) is 5.82 Å². The van der Waals surface area contributed by atoms with Crippen molar-refractivity contribution < 1.29 is 14.3 Å². The summed E-state index contributed by atoms with van der Waals surface area (Å²) in [5, 5.41) is 7.81. The van der Waals surface area contributed by atoms with Gasteiger partial charge in [-0.05, 0) is 43.4 Å². The summed E-state index contributed by atoms with van der Waals surface area (Å²) < 4.78 is 6.79. The number of rotatable bonds is 6. The first kappa shape index (κ1) is 24.9. The second-order valence-corrected chi connectivity index (χ2v) is 10.2. The number of hydrogen-bond donors (Lipinski definition) is 1. The van der Waals surface area contributed by atoms with E-state index in [0.29, 0.717) is 36.7 Å². The van der Waals surface area contributed by atoms with Crippen LogP contribution in [0.5, 0.6) is 0 Å². The van der Waals surface area contributed by atoms with Crippen molar-refractivity contribution in [2.75, 3.05) is 25.0 Å². The summed E-state index contributed by atoms with van der Waals surface area (Å²) in [5.41, 5.74) is 6.13. The van der Waals surface area contributed by atoms with Gasteiger partial charge in [0.05, 0.1) is 12.2 Å². The summed E-state index contributed by atoms with van der Waals surface area (Å²) in [7, 11) is 0. The van der Waals surface area contributed by atoms with Crippen molar-refractivity contribution in [1.82, 2.24) is 19.5 Å². The van der Waals surface area contributed by atoms with Gasteiger partial charge in [0.25, 0.3) is 5.91 Å². The first-order valence-electron chi connectivity index (χ1n) is 13.4. The molecule has 2 aliphatic rings. The number of nitrogens with zero attached hydrogens (tertiary/aromatic N) is 4. The standard InChI is InChI=1S/C31H31N5O3/c1-3-39-30(38)26-27(32-18-22-9-5-4-6-10-22)34-36-20-24(19-33-28(26)36)29(37)35-15-13-31(14-16-35)21(2)17-23-11-7-8-12-25(23)31/h4-12,17,19-20H,3,13-16,18H2,1-2H3,(H,32,34). The van der Waals surface area contributed by atoms with E-state index in [0.717, 1.165) is 18.4 Å². The van der Waals surface area contributed by atoms with Crippen molar-refractivity contribution >= 4 is 29.4 Å². The van der Waals surface area contributed by atoms with Crippen LogP contribution < -0.4 is 5.32 Å². The number of esters is 1. The molecule has 1 saturated heterocycles. The molecule has 6 rings (SSSR count). The maximum absolute atomic E-state index is 13.5. The largest absolute Gasteiger partial charge is 0.462 e. The second kappa shape index (κ2) is 10.0. The number of benzene rings is 2. The number of amides is 1. The van der Waals surface area contributed by atoms with Crippen LogP contribution in [0.15, 0.2) is 72.6 Å². The summed E-state index contributed by atoms with van der Waals surface area (Å²) >= 11 is 0. The highest BCUT2D eigenvalue weighted by Crippen LogP contribution is 2.48. The SMILES string of the molecule is CCOC(=O)c1c(NCc2ccccc2)nn2cc(C(=O)N3CCC4(CC3)C(C)=Cc3ccccc34)cnc12. The normalized spacial score (nSPS) is 15.7. The Balaban J connectivity index is 1.24. The van der Waals surface area contributed by atoms with Crippen LogP contribution in [0.25, 0.3) is 11.7 Å². The van der Waals surface area contributed by atoms with E-state index in [4.69, 9.17) is 4.74 Å². The molecule has 8 nitrogen and oxygen atoms in total. The fourth-order valence-electron chi connectivity index (χ4n) is 5.92. The van der Waals surface area contributed by atoms with Gasteiger partial charge in [0, 0.05) is 37.4 Å². The third-order valence-corrected chi connectivity index (χ3v) is 8.01. The number of likely N-dealkylation sites (tertiary alicyclic amines) is 1. The van der Waals surface area contributed by atoms with Gasteiger partial charge in [-0.25, -0.2) is 14.3 Å². The zero-order valence-corrected chi connectivity index (χ0v) is 22.2. The van der Waals surface area contributed by atoms with E-state index < -0.39 is 5.97 Å². The molecule has 0 atom stereocenters. The maximum atomic E-state index is 13.5. The predicted octanol–water partition coefficient (Wildman–Crippen LogP) is 5.11. The van der Waals surface area contributed by atoms with Crippen LogP contribution in [0.2, 0.25) is 0 Å². The van der Waals surface area contributed by atoms with Crippen LogP contribution in [-0.4, -0.2) is 51.1 Å². The molecule has 0 bridgehead atoms. The first-order chi connectivity index (χ1) is 19.0. The fourth-order valence-corrected chi connectivity index (χ4v) is 5.92. The Labute approximate surface area is 227 Å². The summed E-state index contributed by atoms with van der Waals surface area (Å²) in [5.74, 6) is -0.216. The van der Waals surface area contributed by atoms with Gasteiger partial charge in [0.15, 0.2) is 11.5 Å². The first-order valence-corrected chi connectivity index (χ1v) is 13.4. The Kier molecular flexibility index (Phi) is 6.38. The molecule has 3 heterocycles. The van der Waals surface area contributed by atoms with Crippen molar-refractivity contribution in [2.24, 2.45) is 0 Å². The number of nitrogens with one attached hydrogen (secondary N) is 1. The van der Waals surface area contributed by atoms with E-state index in [1.807, 2.05) is 35.2 Å². The average Bonchev–Trinajstić information content (AvgIpc) is 3.47. The molecule has 2 aromatic carbocycles. The molecular weight excluding hydrogens is 490 g/mol. The molecule has 1 fully saturated rings. The summed E-state index contributed by atoms with van der Waals surface area (Å²) in [4.78, 5) is 32.7. The van der Waals surface area contributed by atoms with Gasteiger partial charge in [0.1, 0.15) is 5.56 Å². The zero-order chi connectivity index (χ0) is 27.0. The number of ether oxygens (including phenoxy) is 1. The molecular formula is C31H31N5O3. The average molecular weight is 522 g/mol. The molecule has 0 radical (unpaired) electrons. The van der Waals surface area contributed by atoms with E-state index in [2.05, 4.69) is 52.7 Å². The van der Waals surface area contributed by atoms with E-state index in [9.17, 15) is 9.59 Å². The molecule has 1 amide bonds. The summed E-state index contributed by atoms with van der Waals surface area (Å²) in [6.07, 6.45) is 7.24. The zero-order valence-electron chi connectivity index (χ0n) is 22.2. The second-order valence-electron chi connectivity index (χ2n) is 10.2. The fraction of sp³-hybridized carbons (Fsp3) is 0.290. The Hall–Kier alpha value is -4.46. The van der Waals surface area contributed by atoms with Crippen molar-refractivity contribution in [2.45, 2.75) is 38.6 Å². The number of allylic oxidation sites excluding steroid dienone is 1. The molecule has 0 saturated carbocycles. The quantitative estimate of drug-likeness (QED) is 0.355. The molecule has 2 aromatic heterocycles. The molecule has 4 aromatic rings. The number of anilines is 1. The lowest BCUT2D eigenvalue weighted by Crippen LogP contribution is -2.45. The Morgan fingerprint density at radius 1 is 1.05 bits per heavy atom. The Morgan fingerprint density at radius 3 is 2.56 bits per heavy atom. The minimum absolute atomic E-state index is 0.00538. The van der Waals surface area contributed by atoms with Crippen LogP contribution >= 0.6 is 0 Å². The van der Waals surface area contributed by atoms with Gasteiger partial charge >= 0.3 is 5.97 Å². The van der Waals surface area contributed by atoms with Crippen LogP contribution in [-0.2, 0) is 16.7 Å². The van der Waals surface area contributed by atoms with Gasteiger partial charge in [-0.2, -0.15) is 0 Å². The molecule has 1 aliphatic heterocycles. The van der Waals surface area contributed by atoms with Gasteiger partial charge in [0.2, 0.25) is 0 Å². The third kappa shape index (κ3) is 4.35. The number of carbonyl (C=O) groups is 2. The minimum atomic E-state index is -0.503. The lowest BCUT2D eigenvalue weighted by molar-refractivity contribution is 0.0529. The van der Waals surface area contributed by atoms with Gasteiger partial charge < -0.3 is 15.0 Å². The Morgan fingerprint density at radius 2 is 1.79 bits per heavy atom. The molecule has 198 valence electrons. The van der Waals surface area contributed by atoms with Crippen molar-refractivity contribution in [3.8, 4) is 0 Å². The molecule has 1 aliphatic carbocycles. The third-order valence-electron chi connectivity index (χ3n) is 8.01. The highest BCUT2D eigenvalue weighted by molar-refractivity contribution is 6.01. The maximum Gasteiger partial charge on any atom is 0.345 e. The van der Waals surface area contributed by atoms with Gasteiger partial charge in [-0.3, -0.25) is 4.79 Å². The van der Waals surface area contributed by atoms with E-state index in [1.54, 1.807) is 13.1 Å². The van der Waals surface area contributed by atoms with Crippen molar-refractivity contribution in [3.63, 3.8) is 0 Å². The number of carbonyl (C=O) groups excluding carboxylic acids is 2. The smallest absolute Gasteiger partial charge is 0.345 e. The number of piperidine rings is 1. The topological polar surface area (TPSA) is 88.8 Å². The number of fused-ring (bicyclic) bond motifs is 3. The van der Waals surface area contributed by atoms with Crippen LogP contribution in [0.3, 0.4) is 0 Å². The Bertz CT molecular complexity index is 1580.